The molecule has 2 rings (SSSR count). The van der Waals surface area contributed by atoms with Crippen LogP contribution in [0.4, 0.5) is 5.95 Å². The minimum absolute atomic E-state index is 0.0846. The number of hydrogen-bond donors (Lipinski definition) is 2. The van der Waals surface area contributed by atoms with Crippen molar-refractivity contribution in [2.45, 2.75) is 19.4 Å². The molecule has 6 heteroatoms. The highest BCUT2D eigenvalue weighted by atomic mass is 16.4. The average molecular weight is 222 g/mol. The summed E-state index contributed by atoms with van der Waals surface area (Å²) in [6.45, 7) is 1.60. The Bertz CT molecular complexity index is 433. The van der Waals surface area contributed by atoms with E-state index in [4.69, 9.17) is 10.8 Å². The van der Waals surface area contributed by atoms with Crippen LogP contribution in [0, 0.1) is 0 Å². The number of aliphatic carboxylic acids is 1. The minimum atomic E-state index is -0.890. The maximum atomic E-state index is 10.7. The molecule has 86 valence electrons. The monoisotopic (exact) mass is 222 g/mol. The van der Waals surface area contributed by atoms with Gasteiger partial charge < -0.3 is 15.7 Å². The second-order valence-corrected chi connectivity index (χ2v) is 4.01. The number of rotatable bonds is 2. The van der Waals surface area contributed by atoms with Crippen LogP contribution in [0.15, 0.2) is 0 Å². The summed E-state index contributed by atoms with van der Waals surface area (Å²) >= 11 is 0. The van der Waals surface area contributed by atoms with Crippen LogP contribution in [0.3, 0.4) is 0 Å². The van der Waals surface area contributed by atoms with E-state index in [2.05, 4.69) is 14.9 Å². The minimum Gasteiger partial charge on any atom is -0.481 e. The van der Waals surface area contributed by atoms with Crippen molar-refractivity contribution in [1.29, 1.82) is 0 Å². The van der Waals surface area contributed by atoms with Gasteiger partial charge in [-0.05, 0) is 19.0 Å². The lowest BCUT2D eigenvalue weighted by molar-refractivity contribution is -0.136. The molecule has 6 nitrogen and oxygen atoms in total. The molecule has 3 N–H and O–H groups in total. The maximum Gasteiger partial charge on any atom is 0.309 e. The van der Waals surface area contributed by atoms with Crippen LogP contribution < -0.4 is 5.73 Å². The topological polar surface area (TPSA) is 92.3 Å². The number of carboxylic acids is 1. The summed E-state index contributed by atoms with van der Waals surface area (Å²) in [6, 6.07) is 0. The fourth-order valence-corrected chi connectivity index (χ4v) is 1.95. The third kappa shape index (κ3) is 2.11. The number of likely N-dealkylation sites (N-methyl/N-ethyl adjacent to an activating group) is 1. The van der Waals surface area contributed by atoms with E-state index in [0.717, 1.165) is 24.2 Å². The molecular weight excluding hydrogens is 208 g/mol. The predicted molar refractivity (Wildman–Crippen MR) is 57.8 cm³/mol. The fourth-order valence-electron chi connectivity index (χ4n) is 1.95. The zero-order valence-corrected chi connectivity index (χ0v) is 9.10. The van der Waals surface area contributed by atoms with Crippen molar-refractivity contribution in [3.8, 4) is 0 Å². The van der Waals surface area contributed by atoms with Gasteiger partial charge in [-0.2, -0.15) is 0 Å². The van der Waals surface area contributed by atoms with Gasteiger partial charge in [0.2, 0.25) is 5.95 Å². The van der Waals surface area contributed by atoms with Gasteiger partial charge in [0.05, 0.1) is 17.8 Å². The normalized spacial score (nSPS) is 15.8. The highest BCUT2D eigenvalue weighted by Crippen LogP contribution is 2.20. The molecule has 0 fully saturated rings. The molecule has 0 aliphatic carbocycles. The van der Waals surface area contributed by atoms with Crippen molar-refractivity contribution in [2.75, 3.05) is 19.3 Å². The van der Waals surface area contributed by atoms with E-state index < -0.39 is 5.97 Å². The molecule has 1 aliphatic rings. The third-order valence-corrected chi connectivity index (χ3v) is 2.68. The number of aromatic nitrogens is 2. The van der Waals surface area contributed by atoms with Gasteiger partial charge in [0.25, 0.3) is 0 Å². The summed E-state index contributed by atoms with van der Waals surface area (Å²) in [5.41, 5.74) is 7.94. The molecule has 16 heavy (non-hydrogen) atoms. The first kappa shape index (κ1) is 10.8. The Hall–Kier alpha value is -1.69. The molecule has 0 spiro atoms. The molecule has 1 aliphatic heterocycles. The lowest BCUT2D eigenvalue weighted by Crippen LogP contribution is -2.29. The van der Waals surface area contributed by atoms with Crippen molar-refractivity contribution in [2.24, 2.45) is 0 Å². The van der Waals surface area contributed by atoms with Gasteiger partial charge in [-0.25, -0.2) is 9.97 Å². The van der Waals surface area contributed by atoms with Crippen LogP contribution >= 0.6 is 0 Å². The number of fused-ring (bicyclic) bond motifs is 1. The average Bonchev–Trinajstić information content (AvgIpc) is 2.15. The Morgan fingerprint density at radius 2 is 2.31 bits per heavy atom. The van der Waals surface area contributed by atoms with Crippen LogP contribution in [-0.2, 0) is 24.2 Å². The van der Waals surface area contributed by atoms with Crippen LogP contribution in [0.5, 0.6) is 0 Å². The number of anilines is 1. The summed E-state index contributed by atoms with van der Waals surface area (Å²) in [5.74, 6) is -0.732. The third-order valence-electron chi connectivity index (χ3n) is 2.68. The standard InChI is InChI=1S/C10H14N4O2/c1-14-3-2-6-7(4-9(15)16)12-10(11)13-8(6)5-14/h2-5H2,1H3,(H,15,16)(H2,11,12,13). The highest BCUT2D eigenvalue weighted by molar-refractivity contribution is 5.70. The van der Waals surface area contributed by atoms with Gasteiger partial charge in [0, 0.05) is 13.1 Å². The predicted octanol–water partition coefficient (Wildman–Crippen LogP) is -0.326. The molecule has 1 aromatic rings. The molecule has 0 aromatic carbocycles. The van der Waals surface area contributed by atoms with E-state index >= 15 is 0 Å². The number of hydrogen-bond acceptors (Lipinski definition) is 5. The number of nitrogens with zero attached hydrogens (tertiary/aromatic N) is 3. The number of carboxylic acid groups (broad SMARTS) is 1. The molecule has 0 radical (unpaired) electrons. The van der Waals surface area contributed by atoms with Crippen LogP contribution in [-0.4, -0.2) is 39.5 Å². The molecule has 0 atom stereocenters. The van der Waals surface area contributed by atoms with Crippen LogP contribution in [0.1, 0.15) is 17.0 Å². The first-order valence-corrected chi connectivity index (χ1v) is 5.10. The Morgan fingerprint density at radius 1 is 1.56 bits per heavy atom. The summed E-state index contributed by atoms with van der Waals surface area (Å²) < 4.78 is 0. The van der Waals surface area contributed by atoms with E-state index in [1.165, 1.54) is 0 Å². The SMILES string of the molecule is CN1CCc2c(CC(=O)O)nc(N)nc2C1. The lowest BCUT2D eigenvalue weighted by atomic mass is 10.0. The second-order valence-electron chi connectivity index (χ2n) is 4.01. The van der Waals surface area contributed by atoms with E-state index in [1.54, 1.807) is 0 Å². The fraction of sp³-hybridized carbons (Fsp3) is 0.500. The zero-order valence-electron chi connectivity index (χ0n) is 9.10. The number of nitrogen functional groups attached to an aromatic ring is 1. The molecule has 0 saturated heterocycles. The Labute approximate surface area is 93.1 Å². The number of carbonyl (C=O) groups is 1. The summed E-state index contributed by atoms with van der Waals surface area (Å²) in [7, 11) is 2.00. The van der Waals surface area contributed by atoms with E-state index in [9.17, 15) is 4.79 Å². The van der Waals surface area contributed by atoms with Crippen LogP contribution in [0.2, 0.25) is 0 Å². The van der Waals surface area contributed by atoms with Gasteiger partial charge in [0.15, 0.2) is 0 Å². The van der Waals surface area contributed by atoms with Crippen molar-refractivity contribution in [3.05, 3.63) is 17.0 Å². The largest absolute Gasteiger partial charge is 0.481 e. The molecular formula is C10H14N4O2. The van der Waals surface area contributed by atoms with Crippen molar-refractivity contribution in [1.82, 2.24) is 14.9 Å². The van der Waals surface area contributed by atoms with Gasteiger partial charge in [-0.15, -0.1) is 0 Å². The van der Waals surface area contributed by atoms with Crippen molar-refractivity contribution in [3.63, 3.8) is 0 Å². The van der Waals surface area contributed by atoms with E-state index in [0.29, 0.717) is 12.2 Å². The van der Waals surface area contributed by atoms with Gasteiger partial charge in [-0.1, -0.05) is 0 Å². The van der Waals surface area contributed by atoms with Crippen molar-refractivity contribution < 1.29 is 9.90 Å². The van der Waals surface area contributed by atoms with Gasteiger partial charge in [0.1, 0.15) is 0 Å². The highest BCUT2D eigenvalue weighted by Gasteiger charge is 2.20. The zero-order chi connectivity index (χ0) is 11.7. The Morgan fingerprint density at radius 3 is 3.00 bits per heavy atom. The van der Waals surface area contributed by atoms with E-state index in [1.807, 2.05) is 7.05 Å². The summed E-state index contributed by atoms with van der Waals surface area (Å²) in [5, 5.41) is 8.80. The first-order valence-electron chi connectivity index (χ1n) is 5.10. The summed E-state index contributed by atoms with van der Waals surface area (Å²) in [6.07, 6.45) is 0.702. The molecule has 0 amide bonds. The summed E-state index contributed by atoms with van der Waals surface area (Å²) in [4.78, 5) is 21.0. The smallest absolute Gasteiger partial charge is 0.309 e. The number of nitrogens with two attached hydrogens (primary N) is 1. The lowest BCUT2D eigenvalue weighted by Gasteiger charge is -2.25. The van der Waals surface area contributed by atoms with Crippen LogP contribution in [0.25, 0.3) is 0 Å². The molecule has 0 saturated carbocycles. The Kier molecular flexibility index (Phi) is 2.74. The second kappa shape index (κ2) is 4.05. The quantitative estimate of drug-likeness (QED) is 0.712. The molecule has 1 aromatic heterocycles. The maximum absolute atomic E-state index is 10.7. The first-order chi connectivity index (χ1) is 7.56. The van der Waals surface area contributed by atoms with Crippen molar-refractivity contribution >= 4 is 11.9 Å². The Balaban J connectivity index is 2.41. The molecule has 0 unspecified atom stereocenters. The molecule has 2 heterocycles. The molecule has 0 bridgehead atoms. The van der Waals surface area contributed by atoms with Gasteiger partial charge in [-0.3, -0.25) is 4.79 Å². The van der Waals surface area contributed by atoms with Gasteiger partial charge >= 0.3 is 5.97 Å². The van der Waals surface area contributed by atoms with E-state index in [-0.39, 0.29) is 12.4 Å².